The van der Waals surface area contributed by atoms with Gasteiger partial charge in [-0.05, 0) is 6.42 Å². The number of hydrogen-bond donors (Lipinski definition) is 0. The number of nitrogens with zero attached hydrogens (tertiary/aromatic N) is 1. The minimum absolute atomic E-state index is 0.217. The van der Waals surface area contributed by atoms with Crippen molar-refractivity contribution in [2.75, 3.05) is 26.7 Å². The molecule has 1 unspecified atom stereocenters. The lowest BCUT2D eigenvalue weighted by Gasteiger charge is -2.29. The van der Waals surface area contributed by atoms with Gasteiger partial charge >= 0.3 is 0 Å². The first-order valence-corrected chi connectivity index (χ1v) is 6.88. The molecule has 1 atom stereocenters. The van der Waals surface area contributed by atoms with Crippen LogP contribution in [-0.2, 0) is 4.74 Å². The van der Waals surface area contributed by atoms with E-state index in [2.05, 4.69) is 4.90 Å². The summed E-state index contributed by atoms with van der Waals surface area (Å²) >= 11 is 0. The van der Waals surface area contributed by atoms with Crippen LogP contribution in [0.2, 0.25) is 0 Å². The zero-order valence-electron chi connectivity index (χ0n) is 12.1. The second-order valence-corrected chi connectivity index (χ2v) is 5.96. The molecule has 0 amide bonds. The first kappa shape index (κ1) is 14.2. The highest BCUT2D eigenvalue weighted by Gasteiger charge is 2.33. The van der Waals surface area contributed by atoms with Gasteiger partial charge in [-0.15, -0.1) is 0 Å². The number of likely N-dealkylation sites (tertiary alicyclic amines) is 1. The topological polar surface area (TPSA) is 29.5 Å². The molecule has 0 bridgehead atoms. The Hall–Kier alpha value is -1.19. The van der Waals surface area contributed by atoms with E-state index in [1.165, 1.54) is 0 Å². The van der Waals surface area contributed by atoms with Gasteiger partial charge in [-0.2, -0.15) is 0 Å². The van der Waals surface area contributed by atoms with Crippen LogP contribution in [0.4, 0.5) is 0 Å². The summed E-state index contributed by atoms with van der Waals surface area (Å²) in [5.41, 5.74) is 0.444. The monoisotopic (exact) mass is 261 g/mol. The number of carbonyl (C=O) groups is 1. The number of rotatable bonds is 5. The molecule has 1 saturated heterocycles. The van der Waals surface area contributed by atoms with E-state index in [1.807, 2.05) is 44.2 Å². The second kappa shape index (κ2) is 5.85. The van der Waals surface area contributed by atoms with Crippen LogP contribution in [0.3, 0.4) is 0 Å². The van der Waals surface area contributed by atoms with Crippen molar-refractivity contribution in [2.24, 2.45) is 5.41 Å². The van der Waals surface area contributed by atoms with Crippen LogP contribution in [0.15, 0.2) is 30.3 Å². The number of carbonyl (C=O) groups excluding carboxylic acids is 1. The molecule has 2 rings (SSSR count). The fourth-order valence-electron chi connectivity index (χ4n) is 2.74. The van der Waals surface area contributed by atoms with Crippen molar-refractivity contribution in [2.45, 2.75) is 26.4 Å². The number of ketones is 1. The van der Waals surface area contributed by atoms with E-state index in [4.69, 9.17) is 4.74 Å². The van der Waals surface area contributed by atoms with Crippen molar-refractivity contribution in [3.8, 4) is 0 Å². The van der Waals surface area contributed by atoms with Gasteiger partial charge in [0.15, 0.2) is 5.78 Å². The second-order valence-electron chi connectivity index (χ2n) is 5.96. The molecule has 0 N–H and O–H groups in total. The fraction of sp³-hybridized carbons (Fsp3) is 0.562. The minimum Gasteiger partial charge on any atom is -0.380 e. The molecule has 19 heavy (non-hydrogen) atoms. The van der Waals surface area contributed by atoms with Crippen LogP contribution in [0, 0.1) is 5.41 Å². The molecule has 0 radical (unpaired) electrons. The molecule has 1 aliphatic rings. The molecule has 3 heteroatoms. The summed E-state index contributed by atoms with van der Waals surface area (Å²) in [6.07, 6.45) is 1.38. The molecule has 1 aliphatic heterocycles. The van der Waals surface area contributed by atoms with E-state index in [1.54, 1.807) is 7.11 Å². The third-order valence-corrected chi connectivity index (χ3v) is 3.83. The summed E-state index contributed by atoms with van der Waals surface area (Å²) in [7, 11) is 1.76. The molecule has 0 spiro atoms. The van der Waals surface area contributed by atoms with Gasteiger partial charge in [0.1, 0.15) is 0 Å². The molecular weight excluding hydrogens is 238 g/mol. The first-order chi connectivity index (χ1) is 9.03. The average Bonchev–Trinajstić information content (AvgIpc) is 2.85. The summed E-state index contributed by atoms with van der Waals surface area (Å²) in [5.74, 6) is 0.217. The van der Waals surface area contributed by atoms with Crippen molar-refractivity contribution in [1.82, 2.24) is 4.90 Å². The normalized spacial score (nSPS) is 20.7. The van der Waals surface area contributed by atoms with Gasteiger partial charge in [0.25, 0.3) is 0 Å². The van der Waals surface area contributed by atoms with Gasteiger partial charge in [0.05, 0.1) is 6.10 Å². The Morgan fingerprint density at radius 2 is 2.05 bits per heavy atom. The smallest absolute Gasteiger partial charge is 0.169 e. The van der Waals surface area contributed by atoms with Crippen molar-refractivity contribution in [1.29, 1.82) is 0 Å². The summed E-state index contributed by atoms with van der Waals surface area (Å²) in [6.45, 7) is 6.80. The SMILES string of the molecule is COC1CCN(CC(C)(C)C(=O)c2ccccc2)C1. The van der Waals surface area contributed by atoms with Crippen LogP contribution in [0.25, 0.3) is 0 Å². The van der Waals surface area contributed by atoms with Gasteiger partial charge in [-0.25, -0.2) is 0 Å². The Kier molecular flexibility index (Phi) is 4.38. The molecule has 1 fully saturated rings. The molecule has 3 nitrogen and oxygen atoms in total. The maximum Gasteiger partial charge on any atom is 0.169 e. The lowest BCUT2D eigenvalue weighted by atomic mass is 9.84. The highest BCUT2D eigenvalue weighted by Crippen LogP contribution is 2.25. The van der Waals surface area contributed by atoms with Crippen LogP contribution in [0.5, 0.6) is 0 Å². The standard InChI is InChI=1S/C16H23NO2/c1-16(2,12-17-10-9-14(11-17)19-3)15(18)13-7-5-4-6-8-13/h4-8,14H,9-12H2,1-3H3. The lowest BCUT2D eigenvalue weighted by Crippen LogP contribution is -2.38. The summed E-state index contributed by atoms with van der Waals surface area (Å²) < 4.78 is 5.37. The molecule has 1 aromatic carbocycles. The quantitative estimate of drug-likeness (QED) is 0.763. The third-order valence-electron chi connectivity index (χ3n) is 3.83. The number of Topliss-reactive ketones (excluding diaryl/α,β-unsaturated/α-hetero) is 1. The average molecular weight is 261 g/mol. The summed E-state index contributed by atoms with van der Waals surface area (Å²) in [6, 6.07) is 9.56. The maximum absolute atomic E-state index is 12.5. The molecule has 0 aliphatic carbocycles. The van der Waals surface area contributed by atoms with Gasteiger partial charge in [-0.1, -0.05) is 44.2 Å². The van der Waals surface area contributed by atoms with E-state index in [9.17, 15) is 4.79 Å². The summed E-state index contributed by atoms with van der Waals surface area (Å²) in [4.78, 5) is 14.9. The Labute approximate surface area is 115 Å². The number of benzene rings is 1. The predicted octanol–water partition coefficient (Wildman–Crippen LogP) is 2.62. The Morgan fingerprint density at radius 3 is 2.63 bits per heavy atom. The van der Waals surface area contributed by atoms with Gasteiger partial charge in [-0.3, -0.25) is 9.69 Å². The van der Waals surface area contributed by atoms with E-state index in [-0.39, 0.29) is 11.2 Å². The van der Waals surface area contributed by atoms with Crippen molar-refractivity contribution in [3.63, 3.8) is 0 Å². The van der Waals surface area contributed by atoms with Gasteiger partial charge in [0.2, 0.25) is 0 Å². The molecule has 1 aromatic rings. The Balaban J connectivity index is 2.00. The molecule has 0 saturated carbocycles. The molecule has 1 heterocycles. The molecule has 104 valence electrons. The zero-order chi connectivity index (χ0) is 13.9. The van der Waals surface area contributed by atoms with E-state index >= 15 is 0 Å². The Morgan fingerprint density at radius 1 is 1.37 bits per heavy atom. The third kappa shape index (κ3) is 3.43. The maximum atomic E-state index is 12.5. The van der Waals surface area contributed by atoms with Crippen molar-refractivity contribution < 1.29 is 9.53 Å². The minimum atomic E-state index is -0.357. The zero-order valence-corrected chi connectivity index (χ0v) is 12.1. The van der Waals surface area contributed by atoms with E-state index in [0.29, 0.717) is 6.10 Å². The largest absolute Gasteiger partial charge is 0.380 e. The first-order valence-electron chi connectivity index (χ1n) is 6.88. The van der Waals surface area contributed by atoms with Crippen LogP contribution >= 0.6 is 0 Å². The summed E-state index contributed by atoms with van der Waals surface area (Å²) in [5, 5.41) is 0. The van der Waals surface area contributed by atoms with Gasteiger partial charge < -0.3 is 4.74 Å². The van der Waals surface area contributed by atoms with Crippen molar-refractivity contribution in [3.05, 3.63) is 35.9 Å². The van der Waals surface area contributed by atoms with E-state index < -0.39 is 0 Å². The van der Waals surface area contributed by atoms with Crippen molar-refractivity contribution >= 4 is 5.78 Å². The Bertz CT molecular complexity index is 428. The van der Waals surface area contributed by atoms with E-state index in [0.717, 1.165) is 31.6 Å². The highest BCUT2D eigenvalue weighted by atomic mass is 16.5. The molecule has 0 aromatic heterocycles. The van der Waals surface area contributed by atoms with Crippen LogP contribution in [0.1, 0.15) is 30.6 Å². The number of methoxy groups -OCH3 is 1. The highest BCUT2D eigenvalue weighted by molar-refractivity contribution is 6.00. The molecular formula is C16H23NO2. The number of hydrogen-bond acceptors (Lipinski definition) is 3. The number of ether oxygens (including phenoxy) is 1. The van der Waals surface area contributed by atoms with Crippen LogP contribution in [-0.4, -0.2) is 43.5 Å². The fourth-order valence-corrected chi connectivity index (χ4v) is 2.74. The predicted molar refractivity (Wildman–Crippen MR) is 76.4 cm³/mol. The van der Waals surface area contributed by atoms with Gasteiger partial charge in [0, 0.05) is 37.7 Å². The van der Waals surface area contributed by atoms with Crippen LogP contribution < -0.4 is 0 Å². The lowest BCUT2D eigenvalue weighted by molar-refractivity contribution is 0.0742.